The van der Waals surface area contributed by atoms with Gasteiger partial charge in [-0.15, -0.1) is 0 Å². The Morgan fingerprint density at radius 3 is 2.40 bits per heavy atom. The summed E-state index contributed by atoms with van der Waals surface area (Å²) in [7, 11) is -1.58. The lowest BCUT2D eigenvalue weighted by atomic mass is 10.2. The van der Waals surface area contributed by atoms with Crippen molar-refractivity contribution in [3.05, 3.63) is 0 Å². The molecule has 9 heteroatoms. The summed E-state index contributed by atoms with van der Waals surface area (Å²) in [5.74, 6) is -2.74. The summed E-state index contributed by atoms with van der Waals surface area (Å²) in [5.41, 5.74) is 0. The van der Waals surface area contributed by atoms with E-state index in [2.05, 4.69) is 0 Å². The number of ether oxygens (including phenoxy) is 4. The van der Waals surface area contributed by atoms with Crippen molar-refractivity contribution in [1.29, 1.82) is 0 Å². The Kier molecular flexibility index (Phi) is 10.3. The molecule has 25 heavy (non-hydrogen) atoms. The molecule has 148 valence electrons. The van der Waals surface area contributed by atoms with Gasteiger partial charge >= 0.3 is 5.97 Å². The van der Waals surface area contributed by atoms with Crippen molar-refractivity contribution in [1.82, 2.24) is 0 Å². The molecule has 0 radical (unpaired) electrons. The predicted molar refractivity (Wildman–Crippen MR) is 92.1 cm³/mol. The Morgan fingerprint density at radius 1 is 1.24 bits per heavy atom. The normalized spacial score (nSPS) is 22.4. The maximum absolute atomic E-state index is 12.2. The van der Waals surface area contributed by atoms with Crippen LogP contribution in [0.5, 0.6) is 0 Å². The van der Waals surface area contributed by atoms with E-state index in [0.29, 0.717) is 26.2 Å². The molecule has 1 rings (SSSR count). The highest BCUT2D eigenvalue weighted by Crippen LogP contribution is 2.45. The number of aliphatic hydroxyl groups is 1. The molecular formula is C16H31O8P. The standard InChI is InChI=1S/C16H31O8P/c1-6-19-14(17)15(25(22-7-2)23-8-3)21-11-13-12(9-10-20-13)24-16(4,5)18/h12-13,15,18H,6-11H2,1-5H3. The van der Waals surface area contributed by atoms with Crippen LogP contribution < -0.4 is 0 Å². The first-order valence-electron chi connectivity index (χ1n) is 8.67. The molecule has 1 fully saturated rings. The molecule has 1 N–H and O–H groups in total. The molecule has 0 aromatic heterocycles. The fourth-order valence-corrected chi connectivity index (χ4v) is 3.64. The number of carbonyl (C=O) groups excluding carboxylic acids is 1. The highest BCUT2D eigenvalue weighted by atomic mass is 31.2. The van der Waals surface area contributed by atoms with Gasteiger partial charge in [0.15, 0.2) is 5.79 Å². The van der Waals surface area contributed by atoms with Gasteiger partial charge in [-0.25, -0.2) is 4.79 Å². The fraction of sp³-hybridized carbons (Fsp3) is 0.938. The van der Waals surface area contributed by atoms with Gasteiger partial charge in [0, 0.05) is 6.61 Å². The Labute approximate surface area is 151 Å². The smallest absolute Gasteiger partial charge is 0.344 e. The number of carbonyl (C=O) groups is 1. The van der Waals surface area contributed by atoms with Crippen molar-refractivity contribution < 1.29 is 37.9 Å². The topological polar surface area (TPSA) is 92.7 Å². The fourth-order valence-electron chi connectivity index (χ4n) is 2.33. The van der Waals surface area contributed by atoms with Gasteiger partial charge in [-0.1, -0.05) is 0 Å². The van der Waals surface area contributed by atoms with E-state index in [0.717, 1.165) is 0 Å². The molecule has 0 bridgehead atoms. The van der Waals surface area contributed by atoms with Crippen molar-refractivity contribution in [3.8, 4) is 0 Å². The second-order valence-electron chi connectivity index (χ2n) is 5.86. The van der Waals surface area contributed by atoms with Gasteiger partial charge in [-0.3, -0.25) is 0 Å². The Balaban J connectivity index is 2.71. The largest absolute Gasteiger partial charge is 0.464 e. The molecule has 0 aliphatic carbocycles. The minimum absolute atomic E-state index is 0.114. The molecule has 0 spiro atoms. The molecule has 1 aliphatic rings. The van der Waals surface area contributed by atoms with E-state index in [1.54, 1.807) is 20.8 Å². The molecule has 1 heterocycles. The van der Waals surface area contributed by atoms with Crippen LogP contribution in [0.15, 0.2) is 0 Å². The molecule has 8 nitrogen and oxygen atoms in total. The summed E-state index contributed by atoms with van der Waals surface area (Å²) in [6.45, 7) is 10.2. The van der Waals surface area contributed by atoms with Crippen LogP contribution in [0.4, 0.5) is 0 Å². The van der Waals surface area contributed by atoms with Crippen molar-refractivity contribution in [3.63, 3.8) is 0 Å². The molecule has 0 amide bonds. The zero-order valence-corrected chi connectivity index (χ0v) is 16.6. The van der Waals surface area contributed by atoms with Crippen LogP contribution in [-0.4, -0.2) is 68.0 Å². The molecule has 0 aromatic carbocycles. The van der Waals surface area contributed by atoms with Gasteiger partial charge < -0.3 is 33.1 Å². The summed E-state index contributed by atoms with van der Waals surface area (Å²) < 4.78 is 33.1. The van der Waals surface area contributed by atoms with E-state index in [1.165, 1.54) is 0 Å². The zero-order valence-electron chi connectivity index (χ0n) is 15.7. The number of rotatable bonds is 12. The SMILES string of the molecule is CCOC(=O)C(OCC1OCCC1OC(C)(C)O)P(OCC)OCC. The van der Waals surface area contributed by atoms with Crippen LogP contribution >= 0.6 is 8.38 Å². The van der Waals surface area contributed by atoms with Crippen LogP contribution in [0, 0.1) is 0 Å². The van der Waals surface area contributed by atoms with Gasteiger partial charge in [0.05, 0.1) is 32.5 Å². The minimum Gasteiger partial charge on any atom is -0.464 e. The first-order chi connectivity index (χ1) is 11.8. The van der Waals surface area contributed by atoms with E-state index in [9.17, 15) is 9.90 Å². The van der Waals surface area contributed by atoms with Crippen LogP contribution in [0.25, 0.3) is 0 Å². The monoisotopic (exact) mass is 382 g/mol. The number of hydrogen-bond acceptors (Lipinski definition) is 8. The van der Waals surface area contributed by atoms with Gasteiger partial charge in [-0.05, 0) is 41.0 Å². The summed E-state index contributed by atoms with van der Waals surface area (Å²) in [5, 5.41) is 9.83. The first-order valence-corrected chi connectivity index (χ1v) is 9.92. The average Bonchev–Trinajstić information content (AvgIpc) is 2.93. The van der Waals surface area contributed by atoms with E-state index >= 15 is 0 Å². The lowest BCUT2D eigenvalue weighted by molar-refractivity contribution is -0.218. The number of hydrogen-bond donors (Lipinski definition) is 1. The summed E-state index contributed by atoms with van der Waals surface area (Å²) in [4.78, 5) is 12.2. The quantitative estimate of drug-likeness (QED) is 0.312. The average molecular weight is 382 g/mol. The molecule has 3 unspecified atom stereocenters. The Hall–Kier alpha value is -0.340. The highest BCUT2D eigenvalue weighted by molar-refractivity contribution is 7.49. The molecule has 0 saturated carbocycles. The highest BCUT2D eigenvalue weighted by Gasteiger charge is 2.38. The maximum atomic E-state index is 12.2. The Morgan fingerprint density at radius 2 is 1.88 bits per heavy atom. The Bertz CT molecular complexity index is 381. The van der Waals surface area contributed by atoms with E-state index in [1.807, 2.05) is 13.8 Å². The van der Waals surface area contributed by atoms with Crippen LogP contribution in [0.2, 0.25) is 0 Å². The molecule has 1 saturated heterocycles. The number of esters is 1. The molecular weight excluding hydrogens is 351 g/mol. The van der Waals surface area contributed by atoms with Gasteiger partial charge in [0.2, 0.25) is 14.2 Å². The molecule has 3 atom stereocenters. The van der Waals surface area contributed by atoms with Crippen LogP contribution in [-0.2, 0) is 32.8 Å². The summed E-state index contributed by atoms with van der Waals surface area (Å²) >= 11 is 0. The van der Waals surface area contributed by atoms with E-state index in [-0.39, 0.29) is 25.4 Å². The third-order valence-corrected chi connectivity index (χ3v) is 4.97. The van der Waals surface area contributed by atoms with Crippen molar-refractivity contribution >= 4 is 14.3 Å². The van der Waals surface area contributed by atoms with E-state index < -0.39 is 26.0 Å². The predicted octanol–water partition coefficient (Wildman–Crippen LogP) is 2.18. The molecule has 0 aromatic rings. The summed E-state index contributed by atoms with van der Waals surface area (Å²) in [6.07, 6.45) is -0.0509. The first kappa shape index (κ1) is 22.7. The van der Waals surface area contributed by atoms with Gasteiger partial charge in [0.25, 0.3) is 0 Å². The summed E-state index contributed by atoms with van der Waals surface area (Å²) in [6, 6.07) is 0. The second kappa shape index (κ2) is 11.4. The van der Waals surface area contributed by atoms with Crippen LogP contribution in [0.1, 0.15) is 41.0 Å². The lowest BCUT2D eigenvalue weighted by Gasteiger charge is -2.29. The van der Waals surface area contributed by atoms with Gasteiger partial charge in [0.1, 0.15) is 6.10 Å². The third kappa shape index (κ3) is 8.26. The van der Waals surface area contributed by atoms with Crippen LogP contribution in [0.3, 0.4) is 0 Å². The zero-order chi connectivity index (χ0) is 18.9. The van der Waals surface area contributed by atoms with Crippen molar-refractivity contribution in [2.75, 3.05) is 33.0 Å². The van der Waals surface area contributed by atoms with E-state index in [4.69, 9.17) is 28.0 Å². The van der Waals surface area contributed by atoms with Crippen molar-refractivity contribution in [2.24, 2.45) is 0 Å². The molecule has 1 aliphatic heterocycles. The maximum Gasteiger partial charge on any atom is 0.344 e. The minimum atomic E-state index is -1.58. The van der Waals surface area contributed by atoms with Gasteiger partial charge in [-0.2, -0.15) is 0 Å². The second-order valence-corrected chi connectivity index (χ2v) is 7.42. The lowest BCUT2D eigenvalue weighted by Crippen LogP contribution is -2.39. The van der Waals surface area contributed by atoms with Crippen molar-refractivity contribution in [2.45, 2.75) is 64.9 Å². The third-order valence-electron chi connectivity index (χ3n) is 3.20.